The Labute approximate surface area is 105 Å². The fraction of sp³-hybridized carbons (Fsp3) is 0.214. The number of pyridine rings is 1. The topological polar surface area (TPSA) is 43.1 Å². The largest absolute Gasteiger partial charge is 0.265 e. The van der Waals surface area contributed by atoms with Crippen LogP contribution in [0.2, 0.25) is 0 Å². The summed E-state index contributed by atoms with van der Waals surface area (Å²) in [5.74, 6) is 0. The van der Waals surface area contributed by atoms with Gasteiger partial charge in [0.2, 0.25) is 0 Å². The Morgan fingerprint density at radius 3 is 2.50 bits per heavy atom. The number of hydrogen-bond donors (Lipinski definition) is 0. The second kappa shape index (κ2) is 3.91. The Bertz CT molecular complexity index is 713. The number of nitrogens with zero attached hydrogens (tertiary/aromatic N) is 4. The van der Waals surface area contributed by atoms with Gasteiger partial charge in [-0.15, -0.1) is 0 Å². The summed E-state index contributed by atoms with van der Waals surface area (Å²) in [5.41, 5.74) is 6.20. The highest BCUT2D eigenvalue weighted by atomic mass is 15.3. The summed E-state index contributed by atoms with van der Waals surface area (Å²) >= 11 is 0. The third-order valence-electron chi connectivity index (χ3n) is 3.16. The van der Waals surface area contributed by atoms with Gasteiger partial charge >= 0.3 is 0 Å². The van der Waals surface area contributed by atoms with Gasteiger partial charge in [-0.3, -0.25) is 4.98 Å². The summed E-state index contributed by atoms with van der Waals surface area (Å²) in [6, 6.07) is 6.05. The molecule has 4 nitrogen and oxygen atoms in total. The molecule has 0 amide bonds. The van der Waals surface area contributed by atoms with E-state index in [0.29, 0.717) is 0 Å². The molecule has 4 heteroatoms. The minimum Gasteiger partial charge on any atom is -0.265 e. The number of hydrogen-bond acceptors (Lipinski definition) is 3. The third-order valence-corrected chi connectivity index (χ3v) is 3.16. The zero-order valence-electron chi connectivity index (χ0n) is 10.7. The summed E-state index contributed by atoms with van der Waals surface area (Å²) in [4.78, 5) is 8.66. The van der Waals surface area contributed by atoms with Crippen LogP contribution in [-0.2, 0) is 0 Å². The van der Waals surface area contributed by atoms with Crippen molar-refractivity contribution >= 4 is 5.65 Å². The second-order valence-electron chi connectivity index (χ2n) is 4.45. The number of fused-ring (bicyclic) bond motifs is 1. The maximum atomic E-state index is 4.61. The summed E-state index contributed by atoms with van der Waals surface area (Å²) in [5, 5.41) is 4.52. The molecule has 0 spiro atoms. The Morgan fingerprint density at radius 1 is 1.06 bits per heavy atom. The van der Waals surface area contributed by atoms with Crippen LogP contribution in [0, 0.1) is 20.8 Å². The predicted molar refractivity (Wildman–Crippen MR) is 70.4 cm³/mol. The van der Waals surface area contributed by atoms with Gasteiger partial charge in [-0.2, -0.15) is 5.10 Å². The highest BCUT2D eigenvalue weighted by Crippen LogP contribution is 2.25. The van der Waals surface area contributed by atoms with Gasteiger partial charge in [0.25, 0.3) is 0 Å². The van der Waals surface area contributed by atoms with Crippen molar-refractivity contribution in [3.63, 3.8) is 0 Å². The number of imidazole rings is 1. The maximum absolute atomic E-state index is 4.61. The normalized spacial score (nSPS) is 11.1. The van der Waals surface area contributed by atoms with Crippen LogP contribution >= 0.6 is 0 Å². The van der Waals surface area contributed by atoms with Gasteiger partial charge in [0, 0.05) is 18.0 Å². The molecule has 0 bridgehead atoms. The first-order valence-electron chi connectivity index (χ1n) is 5.91. The summed E-state index contributed by atoms with van der Waals surface area (Å²) in [6.07, 6.45) is 3.59. The molecule has 18 heavy (non-hydrogen) atoms. The van der Waals surface area contributed by atoms with E-state index in [9.17, 15) is 0 Å². The molecule has 0 aromatic carbocycles. The highest BCUT2D eigenvalue weighted by molar-refractivity contribution is 5.77. The number of rotatable bonds is 1. The van der Waals surface area contributed by atoms with Crippen LogP contribution in [0.5, 0.6) is 0 Å². The highest BCUT2D eigenvalue weighted by Gasteiger charge is 2.12. The van der Waals surface area contributed by atoms with Crippen LogP contribution < -0.4 is 0 Å². The molecule has 90 valence electrons. The van der Waals surface area contributed by atoms with E-state index in [-0.39, 0.29) is 0 Å². The standard InChI is InChI=1S/C14H14N4/c1-9-8-13(12-4-6-15-7-5-12)14-16-10(2)11(3)18(14)17-9/h4-8H,1-3H3. The van der Waals surface area contributed by atoms with E-state index >= 15 is 0 Å². The molecular weight excluding hydrogens is 224 g/mol. The van der Waals surface area contributed by atoms with Crippen molar-refractivity contribution in [2.24, 2.45) is 0 Å². The van der Waals surface area contributed by atoms with Gasteiger partial charge in [-0.05, 0) is 44.5 Å². The molecule has 0 saturated heterocycles. The molecule has 3 heterocycles. The molecule has 0 saturated carbocycles. The van der Waals surface area contributed by atoms with Gasteiger partial charge in [0.15, 0.2) is 5.65 Å². The van der Waals surface area contributed by atoms with Crippen molar-refractivity contribution in [2.75, 3.05) is 0 Å². The quantitative estimate of drug-likeness (QED) is 0.654. The van der Waals surface area contributed by atoms with Crippen molar-refractivity contribution in [3.05, 3.63) is 47.7 Å². The Hall–Kier alpha value is -2.23. The Morgan fingerprint density at radius 2 is 1.78 bits per heavy atom. The zero-order chi connectivity index (χ0) is 12.7. The summed E-state index contributed by atoms with van der Waals surface area (Å²) in [6.45, 7) is 6.05. The van der Waals surface area contributed by atoms with Crippen LogP contribution in [0.1, 0.15) is 17.1 Å². The molecule has 0 N–H and O–H groups in total. The van der Waals surface area contributed by atoms with E-state index < -0.39 is 0 Å². The molecule has 0 fully saturated rings. The average Bonchev–Trinajstić information content (AvgIpc) is 2.66. The zero-order valence-corrected chi connectivity index (χ0v) is 10.7. The lowest BCUT2D eigenvalue weighted by Crippen LogP contribution is -1.98. The molecule has 3 rings (SSSR count). The first-order valence-corrected chi connectivity index (χ1v) is 5.91. The van der Waals surface area contributed by atoms with E-state index in [2.05, 4.69) is 21.1 Å². The average molecular weight is 238 g/mol. The molecular formula is C14H14N4. The molecule has 0 aliphatic carbocycles. The molecule has 0 unspecified atom stereocenters. The van der Waals surface area contributed by atoms with Crippen molar-refractivity contribution in [1.29, 1.82) is 0 Å². The van der Waals surface area contributed by atoms with E-state index in [1.807, 2.05) is 37.4 Å². The lowest BCUT2D eigenvalue weighted by atomic mass is 10.1. The monoisotopic (exact) mass is 238 g/mol. The van der Waals surface area contributed by atoms with Gasteiger partial charge in [0.05, 0.1) is 17.1 Å². The van der Waals surface area contributed by atoms with E-state index in [1.165, 1.54) is 0 Å². The first-order chi connectivity index (χ1) is 8.66. The summed E-state index contributed by atoms with van der Waals surface area (Å²) < 4.78 is 1.92. The number of aromatic nitrogens is 4. The maximum Gasteiger partial charge on any atom is 0.161 e. The van der Waals surface area contributed by atoms with Crippen molar-refractivity contribution in [2.45, 2.75) is 20.8 Å². The van der Waals surface area contributed by atoms with Crippen LogP contribution in [-0.4, -0.2) is 19.6 Å². The van der Waals surface area contributed by atoms with Crippen LogP contribution in [0.15, 0.2) is 30.6 Å². The predicted octanol–water partition coefficient (Wildman–Crippen LogP) is 2.72. The SMILES string of the molecule is Cc1cc(-c2ccncc2)c2nc(C)c(C)n2n1. The van der Waals surface area contributed by atoms with Crippen LogP contribution in [0.3, 0.4) is 0 Å². The van der Waals surface area contributed by atoms with Crippen LogP contribution in [0.4, 0.5) is 0 Å². The minimum absolute atomic E-state index is 0.904. The third kappa shape index (κ3) is 1.57. The van der Waals surface area contributed by atoms with Gasteiger partial charge < -0.3 is 0 Å². The molecule has 0 atom stereocenters. The van der Waals surface area contributed by atoms with Gasteiger partial charge in [0.1, 0.15) is 0 Å². The van der Waals surface area contributed by atoms with Crippen molar-refractivity contribution < 1.29 is 0 Å². The van der Waals surface area contributed by atoms with Crippen LogP contribution in [0.25, 0.3) is 16.8 Å². The van der Waals surface area contributed by atoms with Gasteiger partial charge in [-0.1, -0.05) is 0 Å². The van der Waals surface area contributed by atoms with E-state index in [4.69, 9.17) is 0 Å². The molecule has 3 aromatic rings. The summed E-state index contributed by atoms with van der Waals surface area (Å²) in [7, 11) is 0. The molecule has 0 aliphatic heterocycles. The fourth-order valence-corrected chi connectivity index (χ4v) is 2.10. The molecule has 0 aliphatic rings. The molecule has 0 radical (unpaired) electrons. The lowest BCUT2D eigenvalue weighted by molar-refractivity contribution is 0.869. The molecule has 3 aromatic heterocycles. The van der Waals surface area contributed by atoms with Gasteiger partial charge in [-0.25, -0.2) is 9.50 Å². The number of aryl methyl sites for hydroxylation is 3. The smallest absolute Gasteiger partial charge is 0.161 e. The van der Waals surface area contributed by atoms with Crippen molar-refractivity contribution in [1.82, 2.24) is 19.6 Å². The Kier molecular flexibility index (Phi) is 2.37. The van der Waals surface area contributed by atoms with E-state index in [0.717, 1.165) is 33.9 Å². The van der Waals surface area contributed by atoms with Crippen molar-refractivity contribution in [3.8, 4) is 11.1 Å². The first kappa shape index (κ1) is 10.9. The lowest BCUT2D eigenvalue weighted by Gasteiger charge is -2.05. The fourth-order valence-electron chi connectivity index (χ4n) is 2.10. The second-order valence-corrected chi connectivity index (χ2v) is 4.45. The minimum atomic E-state index is 0.904. The Balaban J connectivity index is 2.39. The van der Waals surface area contributed by atoms with E-state index in [1.54, 1.807) is 12.4 Å².